The summed E-state index contributed by atoms with van der Waals surface area (Å²) in [4.78, 5) is 21.6. The fourth-order valence-corrected chi connectivity index (χ4v) is 0.745. The molecular formula is C7H13ClN2O2. The number of imide groups is 1. The third-order valence-electron chi connectivity index (χ3n) is 0.994. The molecule has 0 saturated carbocycles. The van der Waals surface area contributed by atoms with Crippen LogP contribution >= 0.6 is 11.6 Å². The van der Waals surface area contributed by atoms with Crippen LogP contribution in [0.15, 0.2) is 0 Å². The zero-order chi connectivity index (χ0) is 9.56. The summed E-state index contributed by atoms with van der Waals surface area (Å²) < 4.78 is 0. The molecule has 4 nitrogen and oxygen atoms in total. The van der Waals surface area contributed by atoms with Crippen molar-refractivity contribution >= 4 is 23.5 Å². The lowest BCUT2D eigenvalue weighted by atomic mass is 10.4. The van der Waals surface area contributed by atoms with E-state index in [1.165, 1.54) is 0 Å². The summed E-state index contributed by atoms with van der Waals surface area (Å²) in [5.74, 6) is -0.135. The molecule has 0 saturated heterocycles. The summed E-state index contributed by atoms with van der Waals surface area (Å²) in [7, 11) is 0. The van der Waals surface area contributed by atoms with Crippen LogP contribution in [0.4, 0.5) is 4.79 Å². The molecule has 5 heteroatoms. The van der Waals surface area contributed by atoms with Crippen molar-refractivity contribution in [2.75, 3.05) is 5.88 Å². The van der Waals surface area contributed by atoms with E-state index in [1.807, 2.05) is 13.8 Å². The van der Waals surface area contributed by atoms with Crippen LogP contribution in [0.5, 0.6) is 0 Å². The molecule has 0 spiro atoms. The van der Waals surface area contributed by atoms with Gasteiger partial charge in [-0.3, -0.25) is 10.1 Å². The van der Waals surface area contributed by atoms with Crippen molar-refractivity contribution in [3.8, 4) is 0 Å². The number of carbonyl (C=O) groups is 2. The van der Waals surface area contributed by atoms with Crippen molar-refractivity contribution in [3.63, 3.8) is 0 Å². The van der Waals surface area contributed by atoms with Gasteiger partial charge in [0.2, 0.25) is 5.91 Å². The van der Waals surface area contributed by atoms with E-state index < -0.39 is 6.03 Å². The zero-order valence-electron chi connectivity index (χ0n) is 7.19. The van der Waals surface area contributed by atoms with Crippen LogP contribution in [-0.4, -0.2) is 23.9 Å². The Labute approximate surface area is 76.7 Å². The lowest BCUT2D eigenvalue weighted by molar-refractivity contribution is -0.119. The van der Waals surface area contributed by atoms with E-state index in [0.717, 1.165) is 0 Å². The van der Waals surface area contributed by atoms with E-state index in [2.05, 4.69) is 10.6 Å². The molecular weight excluding hydrogens is 180 g/mol. The molecule has 12 heavy (non-hydrogen) atoms. The highest BCUT2D eigenvalue weighted by Crippen LogP contribution is 1.84. The summed E-state index contributed by atoms with van der Waals surface area (Å²) in [6.07, 6.45) is 0.160. The number of halogens is 1. The predicted molar refractivity (Wildman–Crippen MR) is 47.1 cm³/mol. The molecule has 0 atom stereocenters. The van der Waals surface area contributed by atoms with E-state index in [0.29, 0.717) is 0 Å². The van der Waals surface area contributed by atoms with Gasteiger partial charge in [0.25, 0.3) is 0 Å². The second kappa shape index (κ2) is 5.83. The van der Waals surface area contributed by atoms with Gasteiger partial charge in [-0.1, -0.05) is 0 Å². The van der Waals surface area contributed by atoms with Gasteiger partial charge in [-0.25, -0.2) is 4.79 Å². The van der Waals surface area contributed by atoms with Crippen LogP contribution in [-0.2, 0) is 4.79 Å². The van der Waals surface area contributed by atoms with Crippen molar-refractivity contribution in [3.05, 3.63) is 0 Å². The van der Waals surface area contributed by atoms with E-state index in [1.54, 1.807) is 0 Å². The van der Waals surface area contributed by atoms with Crippen LogP contribution in [0.1, 0.15) is 20.3 Å². The molecule has 0 aromatic rings. The smallest absolute Gasteiger partial charge is 0.321 e. The molecule has 0 aliphatic heterocycles. The molecule has 0 unspecified atom stereocenters. The van der Waals surface area contributed by atoms with Crippen molar-refractivity contribution in [1.82, 2.24) is 10.6 Å². The maximum absolute atomic E-state index is 10.9. The fraction of sp³-hybridized carbons (Fsp3) is 0.714. The van der Waals surface area contributed by atoms with Gasteiger partial charge in [0.1, 0.15) is 0 Å². The fourth-order valence-electron chi connectivity index (χ4n) is 0.573. The second-order valence-corrected chi connectivity index (χ2v) is 2.99. The summed E-state index contributed by atoms with van der Waals surface area (Å²) >= 11 is 5.29. The Balaban J connectivity index is 3.62. The monoisotopic (exact) mass is 192 g/mol. The maximum atomic E-state index is 10.9. The minimum Gasteiger partial charge on any atom is -0.336 e. The average Bonchev–Trinajstić information content (AvgIpc) is 1.84. The first-order chi connectivity index (χ1) is 5.56. The largest absolute Gasteiger partial charge is 0.336 e. The first-order valence-corrected chi connectivity index (χ1v) is 4.26. The standard InChI is InChI=1S/C7H13ClN2O2/c1-5(2)9-7(12)10-6(11)3-4-8/h5H,3-4H2,1-2H3,(H2,9,10,11,12). The molecule has 0 heterocycles. The topological polar surface area (TPSA) is 58.2 Å². The lowest BCUT2D eigenvalue weighted by Crippen LogP contribution is -2.42. The van der Waals surface area contributed by atoms with Crippen LogP contribution in [0.2, 0.25) is 0 Å². The van der Waals surface area contributed by atoms with Crippen LogP contribution in [0.3, 0.4) is 0 Å². The van der Waals surface area contributed by atoms with Gasteiger partial charge in [-0.15, -0.1) is 11.6 Å². The number of nitrogens with one attached hydrogen (secondary N) is 2. The van der Waals surface area contributed by atoms with Crippen LogP contribution in [0, 0.1) is 0 Å². The predicted octanol–water partition coefficient (Wildman–Crippen LogP) is 0.850. The second-order valence-electron chi connectivity index (χ2n) is 2.62. The molecule has 70 valence electrons. The molecule has 2 N–H and O–H groups in total. The van der Waals surface area contributed by atoms with E-state index in [9.17, 15) is 9.59 Å². The van der Waals surface area contributed by atoms with Gasteiger partial charge in [-0.05, 0) is 13.8 Å². The number of rotatable bonds is 3. The lowest BCUT2D eigenvalue weighted by Gasteiger charge is -2.08. The minimum absolute atomic E-state index is 0.0220. The Morgan fingerprint density at radius 1 is 1.42 bits per heavy atom. The summed E-state index contributed by atoms with van der Waals surface area (Å²) in [6, 6.07) is -0.450. The average molecular weight is 193 g/mol. The third-order valence-corrected chi connectivity index (χ3v) is 1.18. The van der Waals surface area contributed by atoms with E-state index in [4.69, 9.17) is 11.6 Å². The number of amides is 3. The molecule has 0 radical (unpaired) electrons. The van der Waals surface area contributed by atoms with Crippen molar-refractivity contribution in [2.45, 2.75) is 26.3 Å². The Morgan fingerprint density at radius 2 is 2.00 bits per heavy atom. The first kappa shape index (κ1) is 11.2. The Morgan fingerprint density at radius 3 is 2.42 bits per heavy atom. The number of alkyl halides is 1. The number of hydrogen-bond acceptors (Lipinski definition) is 2. The number of urea groups is 1. The third kappa shape index (κ3) is 5.97. The Bertz CT molecular complexity index is 171. The molecule has 0 bridgehead atoms. The highest BCUT2D eigenvalue weighted by molar-refractivity contribution is 6.19. The quantitative estimate of drug-likeness (QED) is 0.652. The Hall–Kier alpha value is -0.770. The summed E-state index contributed by atoms with van der Waals surface area (Å²) in [6.45, 7) is 3.62. The molecule has 0 aromatic heterocycles. The van der Waals surface area contributed by atoms with Crippen LogP contribution in [0.25, 0.3) is 0 Å². The first-order valence-electron chi connectivity index (χ1n) is 3.72. The highest BCUT2D eigenvalue weighted by atomic mass is 35.5. The summed E-state index contributed by atoms with van der Waals surface area (Å²) in [5.41, 5.74) is 0. The van der Waals surface area contributed by atoms with Crippen molar-refractivity contribution < 1.29 is 9.59 Å². The van der Waals surface area contributed by atoms with Gasteiger partial charge in [0, 0.05) is 18.3 Å². The molecule has 0 aliphatic carbocycles. The minimum atomic E-state index is -0.472. The highest BCUT2D eigenvalue weighted by Gasteiger charge is 2.06. The number of carbonyl (C=O) groups excluding carboxylic acids is 2. The zero-order valence-corrected chi connectivity index (χ0v) is 7.94. The van der Waals surface area contributed by atoms with Crippen molar-refractivity contribution in [1.29, 1.82) is 0 Å². The normalized spacial score (nSPS) is 9.67. The maximum Gasteiger partial charge on any atom is 0.321 e. The van der Waals surface area contributed by atoms with Gasteiger partial charge in [0.15, 0.2) is 0 Å². The SMILES string of the molecule is CC(C)NC(=O)NC(=O)CCCl. The molecule has 3 amide bonds. The van der Waals surface area contributed by atoms with Crippen molar-refractivity contribution in [2.24, 2.45) is 0 Å². The molecule has 0 fully saturated rings. The van der Waals surface area contributed by atoms with E-state index >= 15 is 0 Å². The van der Waals surface area contributed by atoms with Gasteiger partial charge in [-0.2, -0.15) is 0 Å². The van der Waals surface area contributed by atoms with Gasteiger partial charge in [0.05, 0.1) is 0 Å². The molecule has 0 rings (SSSR count). The summed E-state index contributed by atoms with van der Waals surface area (Å²) in [5, 5.41) is 4.66. The van der Waals surface area contributed by atoms with E-state index in [-0.39, 0.29) is 24.2 Å². The number of hydrogen-bond donors (Lipinski definition) is 2. The van der Waals surface area contributed by atoms with Gasteiger partial charge < -0.3 is 5.32 Å². The molecule has 0 aliphatic rings. The van der Waals surface area contributed by atoms with Crippen LogP contribution < -0.4 is 10.6 Å². The molecule has 0 aromatic carbocycles. The Kier molecular flexibility index (Phi) is 5.45. The van der Waals surface area contributed by atoms with Gasteiger partial charge >= 0.3 is 6.03 Å².